The third kappa shape index (κ3) is 3.67. The second-order valence-electron chi connectivity index (χ2n) is 5.50. The molecule has 3 rings (SSSR count). The van der Waals surface area contributed by atoms with Crippen LogP contribution in [0.5, 0.6) is 0 Å². The lowest BCUT2D eigenvalue weighted by Crippen LogP contribution is -2.25. The molecular formula is C17H20ClNO2. The van der Waals surface area contributed by atoms with Crippen LogP contribution < -0.4 is 5.32 Å². The number of rotatable bonds is 5. The van der Waals surface area contributed by atoms with Crippen molar-refractivity contribution >= 4 is 11.6 Å². The Morgan fingerprint density at radius 2 is 2.19 bits per heavy atom. The van der Waals surface area contributed by atoms with Gasteiger partial charge in [0, 0.05) is 23.7 Å². The Bertz CT molecular complexity index is 603. The molecule has 2 heterocycles. The van der Waals surface area contributed by atoms with E-state index in [4.69, 9.17) is 20.8 Å². The first-order valence-electron chi connectivity index (χ1n) is 7.40. The van der Waals surface area contributed by atoms with Crippen LogP contribution in [-0.4, -0.2) is 19.3 Å². The van der Waals surface area contributed by atoms with Crippen LogP contribution in [0.25, 0.3) is 11.3 Å². The van der Waals surface area contributed by atoms with Gasteiger partial charge in [-0.15, -0.1) is 0 Å². The number of ether oxygens (including phenoxy) is 1. The number of hydrogen-bond donors (Lipinski definition) is 1. The van der Waals surface area contributed by atoms with Gasteiger partial charge in [0.05, 0.1) is 12.6 Å². The first-order valence-corrected chi connectivity index (χ1v) is 7.78. The van der Waals surface area contributed by atoms with Crippen LogP contribution in [0, 0.1) is 6.92 Å². The van der Waals surface area contributed by atoms with Crippen molar-refractivity contribution < 1.29 is 9.15 Å². The van der Waals surface area contributed by atoms with Crippen molar-refractivity contribution in [2.24, 2.45) is 0 Å². The maximum atomic E-state index is 6.16. The lowest BCUT2D eigenvalue weighted by Gasteiger charge is -2.09. The van der Waals surface area contributed by atoms with Crippen molar-refractivity contribution in [1.82, 2.24) is 5.32 Å². The van der Waals surface area contributed by atoms with Crippen molar-refractivity contribution in [3.8, 4) is 11.3 Å². The van der Waals surface area contributed by atoms with E-state index in [-0.39, 0.29) is 0 Å². The van der Waals surface area contributed by atoms with Crippen LogP contribution in [0.3, 0.4) is 0 Å². The van der Waals surface area contributed by atoms with E-state index in [1.807, 2.05) is 37.3 Å². The Morgan fingerprint density at radius 1 is 1.29 bits per heavy atom. The topological polar surface area (TPSA) is 34.4 Å². The van der Waals surface area contributed by atoms with Gasteiger partial charge in [-0.2, -0.15) is 0 Å². The molecule has 1 saturated heterocycles. The Kier molecular flexibility index (Phi) is 4.63. The average Bonchev–Trinajstić information content (AvgIpc) is 3.13. The van der Waals surface area contributed by atoms with E-state index in [9.17, 15) is 0 Å². The Labute approximate surface area is 130 Å². The highest BCUT2D eigenvalue weighted by Crippen LogP contribution is 2.26. The van der Waals surface area contributed by atoms with Crippen LogP contribution >= 0.6 is 11.6 Å². The number of benzene rings is 1. The molecular weight excluding hydrogens is 286 g/mol. The third-order valence-corrected chi connectivity index (χ3v) is 4.22. The van der Waals surface area contributed by atoms with Gasteiger partial charge in [0.25, 0.3) is 0 Å². The summed E-state index contributed by atoms with van der Waals surface area (Å²) in [4.78, 5) is 0. The lowest BCUT2D eigenvalue weighted by atomic mass is 10.1. The summed E-state index contributed by atoms with van der Waals surface area (Å²) < 4.78 is 11.4. The number of hydrogen-bond acceptors (Lipinski definition) is 3. The summed E-state index contributed by atoms with van der Waals surface area (Å²) in [5.41, 5.74) is 2.08. The molecule has 0 radical (unpaired) electrons. The van der Waals surface area contributed by atoms with Gasteiger partial charge in [0.1, 0.15) is 11.5 Å². The molecule has 2 aromatic rings. The maximum absolute atomic E-state index is 6.16. The number of furan rings is 1. The van der Waals surface area contributed by atoms with Gasteiger partial charge < -0.3 is 14.5 Å². The number of nitrogens with one attached hydrogen (secondary N) is 1. The third-order valence-electron chi connectivity index (χ3n) is 3.81. The SMILES string of the molecule is Cc1ccc(-c2ccc(CNCC3CCCO3)o2)cc1Cl. The highest BCUT2D eigenvalue weighted by Gasteiger charge is 2.14. The molecule has 0 saturated carbocycles. The minimum atomic E-state index is 0.357. The van der Waals surface area contributed by atoms with E-state index >= 15 is 0 Å². The monoisotopic (exact) mass is 305 g/mol. The van der Waals surface area contributed by atoms with E-state index < -0.39 is 0 Å². The molecule has 1 unspecified atom stereocenters. The predicted molar refractivity (Wildman–Crippen MR) is 84.6 cm³/mol. The molecule has 1 aromatic carbocycles. The first-order chi connectivity index (χ1) is 10.2. The minimum Gasteiger partial charge on any atom is -0.460 e. The molecule has 1 N–H and O–H groups in total. The smallest absolute Gasteiger partial charge is 0.134 e. The van der Waals surface area contributed by atoms with Crippen LogP contribution in [0.4, 0.5) is 0 Å². The van der Waals surface area contributed by atoms with Gasteiger partial charge in [0.15, 0.2) is 0 Å². The summed E-state index contributed by atoms with van der Waals surface area (Å²) in [7, 11) is 0. The quantitative estimate of drug-likeness (QED) is 0.900. The summed E-state index contributed by atoms with van der Waals surface area (Å²) in [6.45, 7) is 4.49. The van der Waals surface area contributed by atoms with E-state index in [0.717, 1.165) is 53.8 Å². The molecule has 0 spiro atoms. The zero-order valence-corrected chi connectivity index (χ0v) is 13.0. The zero-order valence-electron chi connectivity index (χ0n) is 12.2. The van der Waals surface area contributed by atoms with Crippen LogP contribution in [0.15, 0.2) is 34.7 Å². The van der Waals surface area contributed by atoms with Gasteiger partial charge in [-0.3, -0.25) is 0 Å². The number of halogens is 1. The highest BCUT2D eigenvalue weighted by atomic mass is 35.5. The van der Waals surface area contributed by atoms with Crippen molar-refractivity contribution in [3.63, 3.8) is 0 Å². The molecule has 0 aliphatic carbocycles. The summed E-state index contributed by atoms with van der Waals surface area (Å²) in [6, 6.07) is 9.98. The van der Waals surface area contributed by atoms with Crippen molar-refractivity contribution in [3.05, 3.63) is 46.7 Å². The molecule has 1 fully saturated rings. The maximum Gasteiger partial charge on any atom is 0.134 e. The molecule has 112 valence electrons. The normalized spacial score (nSPS) is 18.3. The predicted octanol–water partition coefficient (Wildman–Crippen LogP) is 4.18. The Morgan fingerprint density at radius 3 is 2.95 bits per heavy atom. The fraction of sp³-hybridized carbons (Fsp3) is 0.412. The summed E-state index contributed by atoms with van der Waals surface area (Å²) in [5.74, 6) is 1.78. The lowest BCUT2D eigenvalue weighted by molar-refractivity contribution is 0.109. The zero-order chi connectivity index (χ0) is 14.7. The fourth-order valence-electron chi connectivity index (χ4n) is 2.54. The van der Waals surface area contributed by atoms with Gasteiger partial charge in [-0.25, -0.2) is 0 Å². The van der Waals surface area contributed by atoms with Gasteiger partial charge in [-0.1, -0.05) is 23.7 Å². The Hall–Kier alpha value is -1.29. The minimum absolute atomic E-state index is 0.357. The summed E-state index contributed by atoms with van der Waals surface area (Å²) in [6.07, 6.45) is 2.68. The molecule has 4 heteroatoms. The van der Waals surface area contributed by atoms with E-state index in [0.29, 0.717) is 6.10 Å². The summed E-state index contributed by atoms with van der Waals surface area (Å²) >= 11 is 6.16. The molecule has 0 amide bonds. The molecule has 1 aromatic heterocycles. The largest absolute Gasteiger partial charge is 0.460 e. The van der Waals surface area contributed by atoms with Crippen molar-refractivity contribution in [1.29, 1.82) is 0 Å². The molecule has 1 aliphatic rings. The van der Waals surface area contributed by atoms with E-state index in [1.54, 1.807) is 0 Å². The van der Waals surface area contributed by atoms with Gasteiger partial charge in [0.2, 0.25) is 0 Å². The number of aryl methyl sites for hydroxylation is 1. The van der Waals surface area contributed by atoms with Gasteiger partial charge >= 0.3 is 0 Å². The summed E-state index contributed by atoms with van der Waals surface area (Å²) in [5, 5.41) is 4.15. The molecule has 1 aliphatic heterocycles. The van der Waals surface area contributed by atoms with Crippen molar-refractivity contribution in [2.75, 3.05) is 13.2 Å². The van der Waals surface area contributed by atoms with Crippen LogP contribution in [0.2, 0.25) is 5.02 Å². The molecule has 3 nitrogen and oxygen atoms in total. The van der Waals surface area contributed by atoms with Crippen LogP contribution in [-0.2, 0) is 11.3 Å². The average molecular weight is 306 g/mol. The fourth-order valence-corrected chi connectivity index (χ4v) is 2.72. The first kappa shape index (κ1) is 14.6. The molecule has 0 bridgehead atoms. The molecule has 1 atom stereocenters. The second kappa shape index (κ2) is 6.65. The highest BCUT2D eigenvalue weighted by molar-refractivity contribution is 6.31. The second-order valence-corrected chi connectivity index (χ2v) is 5.90. The van der Waals surface area contributed by atoms with Gasteiger partial charge in [-0.05, 0) is 43.5 Å². The van der Waals surface area contributed by atoms with E-state index in [2.05, 4.69) is 5.32 Å². The van der Waals surface area contributed by atoms with Crippen molar-refractivity contribution in [2.45, 2.75) is 32.4 Å². The Balaban J connectivity index is 1.58. The molecule has 21 heavy (non-hydrogen) atoms. The van der Waals surface area contributed by atoms with Crippen LogP contribution in [0.1, 0.15) is 24.2 Å². The standard InChI is InChI=1S/C17H20ClNO2/c1-12-4-5-13(9-16(12)18)17-7-6-15(21-17)11-19-10-14-3-2-8-20-14/h4-7,9,14,19H,2-3,8,10-11H2,1H3. The van der Waals surface area contributed by atoms with E-state index in [1.165, 1.54) is 6.42 Å².